The first-order valence-corrected chi connectivity index (χ1v) is 8.00. The SMILES string of the molecule is Cc1cnc(N2C[C@H]3CCC[C@@H](C2)N(C)C3=O)nc1N(C)C. The predicted octanol–water partition coefficient (Wildman–Crippen LogP) is 1.30. The molecule has 6 nitrogen and oxygen atoms in total. The summed E-state index contributed by atoms with van der Waals surface area (Å²) in [6, 6.07) is 0.271. The molecule has 2 bridgehead atoms. The Labute approximate surface area is 132 Å². The number of hydrogen-bond acceptors (Lipinski definition) is 5. The van der Waals surface area contributed by atoms with Crippen LogP contribution in [0.2, 0.25) is 0 Å². The molecule has 2 saturated heterocycles. The number of likely N-dealkylation sites (N-methyl/N-ethyl adjacent to an activating group) is 1. The van der Waals surface area contributed by atoms with Crippen LogP contribution in [-0.2, 0) is 4.79 Å². The van der Waals surface area contributed by atoms with E-state index in [1.165, 1.54) is 0 Å². The summed E-state index contributed by atoms with van der Waals surface area (Å²) in [7, 11) is 5.93. The van der Waals surface area contributed by atoms with Crippen LogP contribution in [0.3, 0.4) is 0 Å². The molecule has 22 heavy (non-hydrogen) atoms. The second-order valence-corrected chi connectivity index (χ2v) is 6.71. The second-order valence-electron chi connectivity index (χ2n) is 6.71. The van der Waals surface area contributed by atoms with Crippen molar-refractivity contribution in [3.63, 3.8) is 0 Å². The number of aryl methyl sites for hydroxylation is 1. The van der Waals surface area contributed by atoms with Gasteiger partial charge in [0, 0.05) is 52.0 Å². The van der Waals surface area contributed by atoms with Gasteiger partial charge in [-0.15, -0.1) is 0 Å². The van der Waals surface area contributed by atoms with Gasteiger partial charge in [0.05, 0.1) is 5.92 Å². The Hall–Kier alpha value is -1.85. The normalized spacial score (nSPS) is 25.2. The summed E-state index contributed by atoms with van der Waals surface area (Å²) in [5, 5.41) is 0. The second kappa shape index (κ2) is 5.74. The molecule has 0 radical (unpaired) electrons. The zero-order chi connectivity index (χ0) is 15.9. The smallest absolute Gasteiger partial charge is 0.227 e. The van der Waals surface area contributed by atoms with Gasteiger partial charge in [0.1, 0.15) is 5.82 Å². The van der Waals surface area contributed by atoms with E-state index in [-0.39, 0.29) is 17.9 Å². The molecule has 2 fully saturated rings. The van der Waals surface area contributed by atoms with Crippen LogP contribution in [0, 0.1) is 12.8 Å². The maximum atomic E-state index is 12.5. The molecule has 0 aromatic carbocycles. The van der Waals surface area contributed by atoms with Crippen LogP contribution in [0.1, 0.15) is 24.8 Å². The molecular weight excluding hydrogens is 278 g/mol. The fourth-order valence-electron chi connectivity index (χ4n) is 3.56. The number of hydrogen-bond donors (Lipinski definition) is 0. The van der Waals surface area contributed by atoms with E-state index >= 15 is 0 Å². The molecule has 2 aliphatic heterocycles. The molecule has 0 unspecified atom stereocenters. The van der Waals surface area contributed by atoms with E-state index < -0.39 is 0 Å². The molecule has 3 rings (SSSR count). The van der Waals surface area contributed by atoms with Gasteiger partial charge in [0.15, 0.2) is 0 Å². The first-order valence-electron chi connectivity index (χ1n) is 8.00. The molecule has 0 aliphatic carbocycles. The first-order chi connectivity index (χ1) is 10.5. The van der Waals surface area contributed by atoms with Crippen LogP contribution in [-0.4, -0.2) is 61.0 Å². The van der Waals surface area contributed by atoms with Crippen molar-refractivity contribution in [2.24, 2.45) is 5.92 Å². The Kier molecular flexibility index (Phi) is 3.93. The summed E-state index contributed by atoms with van der Waals surface area (Å²) >= 11 is 0. The molecular formula is C16H25N5O. The van der Waals surface area contributed by atoms with Gasteiger partial charge in [-0.3, -0.25) is 4.79 Å². The number of aromatic nitrogens is 2. The molecule has 3 heterocycles. The zero-order valence-corrected chi connectivity index (χ0v) is 13.9. The van der Waals surface area contributed by atoms with Crippen molar-refractivity contribution in [2.45, 2.75) is 32.2 Å². The largest absolute Gasteiger partial charge is 0.362 e. The van der Waals surface area contributed by atoms with Gasteiger partial charge in [0.2, 0.25) is 11.9 Å². The molecule has 0 N–H and O–H groups in total. The molecule has 0 saturated carbocycles. The van der Waals surface area contributed by atoms with E-state index in [9.17, 15) is 4.79 Å². The van der Waals surface area contributed by atoms with E-state index in [1.54, 1.807) is 0 Å². The van der Waals surface area contributed by atoms with Gasteiger partial charge in [0.25, 0.3) is 0 Å². The lowest BCUT2D eigenvalue weighted by molar-refractivity contribution is -0.134. The van der Waals surface area contributed by atoms with E-state index in [0.29, 0.717) is 0 Å². The third-order valence-electron chi connectivity index (χ3n) is 4.85. The van der Waals surface area contributed by atoms with Gasteiger partial charge >= 0.3 is 0 Å². The summed E-state index contributed by atoms with van der Waals surface area (Å²) in [5.74, 6) is 2.04. The molecule has 6 heteroatoms. The Morgan fingerprint density at radius 3 is 2.77 bits per heavy atom. The summed E-state index contributed by atoms with van der Waals surface area (Å²) in [4.78, 5) is 27.9. The van der Waals surface area contributed by atoms with Crippen molar-refractivity contribution in [1.29, 1.82) is 0 Å². The van der Waals surface area contributed by atoms with Crippen molar-refractivity contribution in [2.75, 3.05) is 44.0 Å². The Bertz CT molecular complexity index is 574. The van der Waals surface area contributed by atoms with Crippen LogP contribution in [0.15, 0.2) is 6.20 Å². The van der Waals surface area contributed by atoms with Crippen molar-refractivity contribution in [3.8, 4) is 0 Å². The first kappa shape index (κ1) is 15.1. The number of amides is 1. The van der Waals surface area contributed by atoms with Gasteiger partial charge in [-0.1, -0.05) is 6.42 Å². The average Bonchev–Trinajstić information content (AvgIpc) is 2.65. The lowest BCUT2D eigenvalue weighted by atomic mass is 9.99. The summed E-state index contributed by atoms with van der Waals surface area (Å²) < 4.78 is 0. The van der Waals surface area contributed by atoms with E-state index in [2.05, 4.69) is 9.88 Å². The number of fused-ring (bicyclic) bond motifs is 3. The highest BCUT2D eigenvalue weighted by molar-refractivity contribution is 5.80. The molecule has 120 valence electrons. The number of carbonyl (C=O) groups excluding carboxylic acids is 1. The highest BCUT2D eigenvalue weighted by Crippen LogP contribution is 2.29. The third kappa shape index (κ3) is 2.62. The quantitative estimate of drug-likeness (QED) is 0.824. The molecule has 1 aromatic heterocycles. The number of nitrogens with zero attached hydrogens (tertiary/aromatic N) is 5. The number of carbonyl (C=O) groups is 1. The van der Waals surface area contributed by atoms with Crippen molar-refractivity contribution in [1.82, 2.24) is 14.9 Å². The average molecular weight is 303 g/mol. The fourth-order valence-corrected chi connectivity index (χ4v) is 3.56. The molecule has 0 spiro atoms. The van der Waals surface area contributed by atoms with Crippen LogP contribution < -0.4 is 9.80 Å². The Morgan fingerprint density at radius 2 is 2.05 bits per heavy atom. The van der Waals surface area contributed by atoms with E-state index in [1.807, 2.05) is 44.1 Å². The minimum absolute atomic E-state index is 0.0743. The molecule has 1 aromatic rings. The highest BCUT2D eigenvalue weighted by Gasteiger charge is 2.37. The van der Waals surface area contributed by atoms with E-state index in [0.717, 1.165) is 49.7 Å². The van der Waals surface area contributed by atoms with Crippen LogP contribution >= 0.6 is 0 Å². The fraction of sp³-hybridized carbons (Fsp3) is 0.688. The van der Waals surface area contributed by atoms with Crippen molar-refractivity contribution in [3.05, 3.63) is 11.8 Å². The van der Waals surface area contributed by atoms with Crippen molar-refractivity contribution < 1.29 is 4.79 Å². The summed E-state index contributed by atoms with van der Waals surface area (Å²) in [6.07, 6.45) is 5.06. The monoisotopic (exact) mass is 303 g/mol. The zero-order valence-electron chi connectivity index (χ0n) is 13.9. The van der Waals surface area contributed by atoms with Crippen LogP contribution in [0.4, 0.5) is 11.8 Å². The Morgan fingerprint density at radius 1 is 1.27 bits per heavy atom. The minimum atomic E-state index is 0.0743. The van der Waals surface area contributed by atoms with E-state index in [4.69, 9.17) is 4.98 Å². The predicted molar refractivity (Wildman–Crippen MR) is 87.2 cm³/mol. The maximum absolute atomic E-state index is 12.5. The van der Waals surface area contributed by atoms with Crippen molar-refractivity contribution >= 4 is 17.7 Å². The minimum Gasteiger partial charge on any atom is -0.362 e. The third-order valence-corrected chi connectivity index (χ3v) is 4.85. The summed E-state index contributed by atoms with van der Waals surface area (Å²) in [6.45, 7) is 3.58. The van der Waals surface area contributed by atoms with Gasteiger partial charge in [-0.2, -0.15) is 4.98 Å². The molecule has 2 aliphatic rings. The maximum Gasteiger partial charge on any atom is 0.227 e. The molecule has 1 amide bonds. The van der Waals surface area contributed by atoms with Gasteiger partial charge in [-0.05, 0) is 19.8 Å². The van der Waals surface area contributed by atoms with Gasteiger partial charge in [-0.25, -0.2) is 4.98 Å². The van der Waals surface area contributed by atoms with Crippen LogP contribution in [0.25, 0.3) is 0 Å². The summed E-state index contributed by atoms with van der Waals surface area (Å²) in [5.41, 5.74) is 1.07. The number of rotatable bonds is 2. The van der Waals surface area contributed by atoms with Crippen LogP contribution in [0.5, 0.6) is 0 Å². The lowest BCUT2D eigenvalue weighted by Gasteiger charge is -2.30. The topological polar surface area (TPSA) is 52.6 Å². The lowest BCUT2D eigenvalue weighted by Crippen LogP contribution is -2.40. The highest BCUT2D eigenvalue weighted by atomic mass is 16.2. The number of anilines is 2. The van der Waals surface area contributed by atoms with Gasteiger partial charge < -0.3 is 14.7 Å². The molecule has 2 atom stereocenters. The Balaban J connectivity index is 1.92. The standard InChI is InChI=1S/C16H25N5O/c1-11-8-17-16(18-14(11)19(2)3)21-9-12-6-5-7-13(10-21)20(4)15(12)22/h8,12-13H,5-7,9-10H2,1-4H3/t12-,13+/m1/s1.